The highest BCUT2D eigenvalue weighted by Gasteiger charge is 2.30. The zero-order chi connectivity index (χ0) is 7.61. The normalized spacial score (nSPS) is 23.2. The van der Waals surface area contributed by atoms with Crippen molar-refractivity contribution in [3.63, 3.8) is 0 Å². The molecule has 0 amide bonds. The summed E-state index contributed by atoms with van der Waals surface area (Å²) in [6, 6.07) is 0. The number of cyclic esters (lactones) is 2. The Balaban J connectivity index is 2.46. The molecule has 0 aromatic carbocycles. The van der Waals surface area contributed by atoms with E-state index in [-0.39, 0.29) is 5.41 Å². The summed E-state index contributed by atoms with van der Waals surface area (Å²) in [5.41, 5.74) is 0.0356. The summed E-state index contributed by atoms with van der Waals surface area (Å²) in [4.78, 5) is 10.4. The van der Waals surface area contributed by atoms with Crippen LogP contribution in [0.25, 0.3) is 0 Å². The van der Waals surface area contributed by atoms with Crippen molar-refractivity contribution >= 4 is 6.16 Å². The van der Waals surface area contributed by atoms with Crippen LogP contribution in [0, 0.1) is 5.41 Å². The Labute approximate surface area is 60.3 Å². The van der Waals surface area contributed by atoms with E-state index in [0.29, 0.717) is 13.2 Å². The van der Waals surface area contributed by atoms with Crippen LogP contribution < -0.4 is 0 Å². The first-order valence-electron chi connectivity index (χ1n) is 3.46. The van der Waals surface area contributed by atoms with Gasteiger partial charge in [-0.05, 0) is 6.42 Å². The molecular weight excluding hydrogens is 132 g/mol. The third kappa shape index (κ3) is 1.40. The molecule has 10 heavy (non-hydrogen) atoms. The molecule has 58 valence electrons. The van der Waals surface area contributed by atoms with E-state index in [1.165, 1.54) is 0 Å². The Kier molecular flexibility index (Phi) is 1.83. The van der Waals surface area contributed by atoms with Crippen LogP contribution in [0.5, 0.6) is 0 Å². The predicted molar refractivity (Wildman–Crippen MR) is 35.7 cm³/mol. The van der Waals surface area contributed by atoms with Gasteiger partial charge < -0.3 is 9.47 Å². The van der Waals surface area contributed by atoms with Gasteiger partial charge in [0.25, 0.3) is 0 Å². The van der Waals surface area contributed by atoms with E-state index in [1.54, 1.807) is 0 Å². The Hall–Kier alpha value is -0.730. The number of hydrogen-bond acceptors (Lipinski definition) is 3. The van der Waals surface area contributed by atoms with Crippen LogP contribution >= 0.6 is 0 Å². The van der Waals surface area contributed by atoms with Gasteiger partial charge in [-0.15, -0.1) is 0 Å². The highest BCUT2D eigenvalue weighted by Crippen LogP contribution is 2.25. The monoisotopic (exact) mass is 144 g/mol. The highest BCUT2D eigenvalue weighted by atomic mass is 16.7. The Morgan fingerprint density at radius 2 is 2.00 bits per heavy atom. The van der Waals surface area contributed by atoms with Gasteiger partial charge in [-0.25, -0.2) is 4.79 Å². The Morgan fingerprint density at radius 1 is 1.50 bits per heavy atom. The first kappa shape index (κ1) is 7.38. The van der Waals surface area contributed by atoms with E-state index in [9.17, 15) is 4.79 Å². The molecule has 0 aromatic heterocycles. The lowest BCUT2D eigenvalue weighted by Crippen LogP contribution is -2.36. The van der Waals surface area contributed by atoms with Gasteiger partial charge in [0.1, 0.15) is 13.2 Å². The van der Waals surface area contributed by atoms with Gasteiger partial charge in [0, 0.05) is 5.41 Å². The summed E-state index contributed by atoms with van der Waals surface area (Å²) in [5.74, 6) is 0. The molecule has 0 aromatic rings. The van der Waals surface area contributed by atoms with Crippen molar-refractivity contribution in [2.45, 2.75) is 20.3 Å². The van der Waals surface area contributed by atoms with E-state index in [1.807, 2.05) is 6.92 Å². The number of carbonyl (C=O) groups is 1. The summed E-state index contributed by atoms with van der Waals surface area (Å²) in [6.45, 7) is 5.08. The molecule has 1 aliphatic rings. The molecule has 0 unspecified atom stereocenters. The van der Waals surface area contributed by atoms with E-state index in [4.69, 9.17) is 9.47 Å². The highest BCUT2D eigenvalue weighted by molar-refractivity contribution is 5.60. The maximum atomic E-state index is 10.4. The lowest BCUT2D eigenvalue weighted by molar-refractivity contribution is -0.0533. The predicted octanol–water partition coefficient (Wildman–Crippen LogP) is 1.57. The second kappa shape index (κ2) is 2.48. The van der Waals surface area contributed by atoms with Crippen molar-refractivity contribution < 1.29 is 14.3 Å². The summed E-state index contributed by atoms with van der Waals surface area (Å²) in [5, 5.41) is 0. The van der Waals surface area contributed by atoms with Gasteiger partial charge in [-0.2, -0.15) is 0 Å². The van der Waals surface area contributed by atoms with Crippen LogP contribution in [0.4, 0.5) is 4.79 Å². The SMILES string of the molecule is CCC1(C)COC(=O)OC1. The lowest BCUT2D eigenvalue weighted by atomic mass is 9.89. The third-order valence-electron chi connectivity index (χ3n) is 1.93. The largest absolute Gasteiger partial charge is 0.508 e. The molecule has 0 N–H and O–H groups in total. The number of rotatable bonds is 1. The zero-order valence-electron chi connectivity index (χ0n) is 6.35. The summed E-state index contributed by atoms with van der Waals surface area (Å²) < 4.78 is 9.45. The van der Waals surface area contributed by atoms with Crippen LogP contribution in [0.2, 0.25) is 0 Å². The van der Waals surface area contributed by atoms with Crippen molar-refractivity contribution in [3.05, 3.63) is 0 Å². The quantitative estimate of drug-likeness (QED) is 0.524. The second-order valence-corrected chi connectivity index (χ2v) is 2.99. The van der Waals surface area contributed by atoms with Crippen LogP contribution in [0.15, 0.2) is 0 Å². The fraction of sp³-hybridized carbons (Fsp3) is 0.857. The second-order valence-electron chi connectivity index (χ2n) is 2.99. The molecule has 3 heteroatoms. The van der Waals surface area contributed by atoms with Gasteiger partial charge in [-0.1, -0.05) is 13.8 Å². The van der Waals surface area contributed by atoms with Crippen LogP contribution in [0.1, 0.15) is 20.3 Å². The molecule has 0 saturated carbocycles. The fourth-order valence-corrected chi connectivity index (χ4v) is 0.754. The zero-order valence-corrected chi connectivity index (χ0v) is 6.35. The molecule has 1 saturated heterocycles. The first-order chi connectivity index (χ1) is 4.66. The smallest absolute Gasteiger partial charge is 0.434 e. The molecule has 0 radical (unpaired) electrons. The maximum Gasteiger partial charge on any atom is 0.508 e. The first-order valence-corrected chi connectivity index (χ1v) is 3.46. The molecule has 1 heterocycles. The van der Waals surface area contributed by atoms with Gasteiger partial charge >= 0.3 is 6.16 Å². The van der Waals surface area contributed by atoms with Crippen molar-refractivity contribution in [1.82, 2.24) is 0 Å². The molecule has 0 spiro atoms. The minimum absolute atomic E-state index is 0.0356. The van der Waals surface area contributed by atoms with Crippen molar-refractivity contribution in [2.75, 3.05) is 13.2 Å². The van der Waals surface area contributed by atoms with Crippen LogP contribution in [-0.2, 0) is 9.47 Å². The molecule has 1 rings (SSSR count). The molecule has 0 atom stereocenters. The topological polar surface area (TPSA) is 35.5 Å². The average molecular weight is 144 g/mol. The summed E-state index contributed by atoms with van der Waals surface area (Å²) in [6.07, 6.45) is 0.436. The van der Waals surface area contributed by atoms with Crippen molar-refractivity contribution in [2.24, 2.45) is 5.41 Å². The van der Waals surface area contributed by atoms with Crippen molar-refractivity contribution in [3.8, 4) is 0 Å². The molecule has 1 aliphatic heterocycles. The number of carbonyl (C=O) groups excluding carboxylic acids is 1. The number of hydrogen-bond donors (Lipinski definition) is 0. The van der Waals surface area contributed by atoms with E-state index in [0.717, 1.165) is 6.42 Å². The average Bonchev–Trinajstić information content (AvgIpc) is 1.96. The summed E-state index contributed by atoms with van der Waals surface area (Å²) >= 11 is 0. The third-order valence-corrected chi connectivity index (χ3v) is 1.93. The Morgan fingerprint density at radius 3 is 2.40 bits per heavy atom. The van der Waals surface area contributed by atoms with Gasteiger partial charge in [0.15, 0.2) is 0 Å². The minimum Gasteiger partial charge on any atom is -0.434 e. The molecule has 0 bridgehead atoms. The standard InChI is InChI=1S/C7H12O3/c1-3-7(2)4-9-6(8)10-5-7/h3-5H2,1-2H3. The Bertz CT molecular complexity index is 132. The van der Waals surface area contributed by atoms with Gasteiger partial charge in [-0.3, -0.25) is 0 Å². The van der Waals surface area contributed by atoms with Gasteiger partial charge in [0.2, 0.25) is 0 Å². The van der Waals surface area contributed by atoms with Crippen molar-refractivity contribution in [1.29, 1.82) is 0 Å². The summed E-state index contributed by atoms with van der Waals surface area (Å²) in [7, 11) is 0. The molecule has 1 fully saturated rings. The van der Waals surface area contributed by atoms with E-state index >= 15 is 0 Å². The van der Waals surface area contributed by atoms with Crippen LogP contribution in [0.3, 0.4) is 0 Å². The van der Waals surface area contributed by atoms with E-state index < -0.39 is 6.16 Å². The van der Waals surface area contributed by atoms with E-state index in [2.05, 4.69) is 6.92 Å². The molecule has 0 aliphatic carbocycles. The number of ether oxygens (including phenoxy) is 2. The molecular formula is C7H12O3. The fourth-order valence-electron chi connectivity index (χ4n) is 0.754. The lowest BCUT2D eigenvalue weighted by Gasteiger charge is -2.30. The van der Waals surface area contributed by atoms with Gasteiger partial charge in [0.05, 0.1) is 0 Å². The maximum absolute atomic E-state index is 10.4. The minimum atomic E-state index is -0.536. The van der Waals surface area contributed by atoms with Crippen LogP contribution in [-0.4, -0.2) is 19.4 Å². The molecule has 3 nitrogen and oxygen atoms in total.